The lowest BCUT2D eigenvalue weighted by atomic mass is 10.2. The summed E-state index contributed by atoms with van der Waals surface area (Å²) in [6, 6.07) is 13.2. The minimum absolute atomic E-state index is 0.189. The van der Waals surface area contributed by atoms with Gasteiger partial charge in [-0.05, 0) is 35.9 Å². The third kappa shape index (κ3) is 3.57. The maximum Gasteiger partial charge on any atom is 0.269 e. The summed E-state index contributed by atoms with van der Waals surface area (Å²) in [5.74, 6) is 0.983. The van der Waals surface area contributed by atoms with Crippen LogP contribution >= 0.6 is 11.6 Å². The summed E-state index contributed by atoms with van der Waals surface area (Å²) in [5, 5.41) is 4.19. The monoisotopic (exact) mass is 330 g/mol. The lowest BCUT2D eigenvalue weighted by Crippen LogP contribution is -1.85. The second-order valence-electron chi connectivity index (χ2n) is 4.70. The fraction of sp³-hybridized carbons (Fsp3) is 0.0588. The van der Waals surface area contributed by atoms with Crippen molar-refractivity contribution in [2.45, 2.75) is 0 Å². The zero-order chi connectivity index (χ0) is 16.2. The normalized spacial score (nSPS) is 11.5. The SMILES string of the molecule is COc1cccc(-c2noc(/C(Cl)=C/c3ccc(F)cc3)n2)c1. The fourth-order valence-electron chi connectivity index (χ4n) is 1.97. The van der Waals surface area contributed by atoms with Gasteiger partial charge in [-0.1, -0.05) is 41.0 Å². The standard InChI is InChI=1S/C17H12ClFN2O2/c1-22-14-4-2-3-12(10-14)16-20-17(23-21-16)15(18)9-11-5-7-13(19)8-6-11/h2-10H,1H3/b15-9-. The van der Waals surface area contributed by atoms with Crippen LogP contribution in [0.15, 0.2) is 53.1 Å². The van der Waals surface area contributed by atoms with Gasteiger partial charge < -0.3 is 9.26 Å². The first-order valence-corrected chi connectivity index (χ1v) is 7.15. The summed E-state index contributed by atoms with van der Waals surface area (Å²) in [5.41, 5.74) is 1.49. The summed E-state index contributed by atoms with van der Waals surface area (Å²) >= 11 is 6.19. The van der Waals surface area contributed by atoms with E-state index in [9.17, 15) is 4.39 Å². The molecule has 0 aliphatic rings. The van der Waals surface area contributed by atoms with Crippen LogP contribution in [0.5, 0.6) is 5.75 Å². The van der Waals surface area contributed by atoms with Gasteiger partial charge in [-0.2, -0.15) is 4.98 Å². The first-order valence-electron chi connectivity index (χ1n) is 6.77. The van der Waals surface area contributed by atoms with Crippen LogP contribution in [0.3, 0.4) is 0 Å². The molecule has 1 aromatic heterocycles. The quantitative estimate of drug-likeness (QED) is 0.700. The van der Waals surface area contributed by atoms with Gasteiger partial charge in [-0.3, -0.25) is 0 Å². The highest BCUT2D eigenvalue weighted by molar-refractivity contribution is 6.50. The molecule has 0 N–H and O–H groups in total. The summed E-state index contributed by atoms with van der Waals surface area (Å²) in [6.45, 7) is 0. The molecule has 23 heavy (non-hydrogen) atoms. The summed E-state index contributed by atoms with van der Waals surface area (Å²) in [7, 11) is 1.59. The predicted molar refractivity (Wildman–Crippen MR) is 86.4 cm³/mol. The largest absolute Gasteiger partial charge is 0.497 e. The Labute approximate surface area is 137 Å². The van der Waals surface area contributed by atoms with Crippen LogP contribution in [0, 0.1) is 5.82 Å². The summed E-state index contributed by atoms with van der Waals surface area (Å²) in [4.78, 5) is 4.26. The van der Waals surface area contributed by atoms with Gasteiger partial charge in [-0.15, -0.1) is 0 Å². The molecule has 6 heteroatoms. The Morgan fingerprint density at radius 2 is 2.00 bits per heavy atom. The number of methoxy groups -OCH3 is 1. The minimum atomic E-state index is -0.309. The van der Waals surface area contributed by atoms with Crippen LogP contribution in [0.2, 0.25) is 0 Å². The van der Waals surface area contributed by atoms with E-state index in [4.69, 9.17) is 20.9 Å². The van der Waals surface area contributed by atoms with Crippen molar-refractivity contribution in [3.63, 3.8) is 0 Å². The third-order valence-electron chi connectivity index (χ3n) is 3.12. The Bertz CT molecular complexity index is 844. The van der Waals surface area contributed by atoms with Gasteiger partial charge in [0.15, 0.2) is 0 Å². The van der Waals surface area contributed by atoms with Crippen molar-refractivity contribution in [1.82, 2.24) is 10.1 Å². The van der Waals surface area contributed by atoms with Crippen molar-refractivity contribution in [3.8, 4) is 17.1 Å². The molecule has 0 spiro atoms. The lowest BCUT2D eigenvalue weighted by Gasteiger charge is -1.99. The van der Waals surface area contributed by atoms with E-state index in [-0.39, 0.29) is 16.7 Å². The molecule has 0 atom stereocenters. The molecule has 0 amide bonds. The van der Waals surface area contributed by atoms with Gasteiger partial charge in [-0.25, -0.2) is 4.39 Å². The lowest BCUT2D eigenvalue weighted by molar-refractivity contribution is 0.409. The number of benzene rings is 2. The van der Waals surface area contributed by atoms with Gasteiger partial charge in [0.25, 0.3) is 5.89 Å². The number of nitrogens with zero attached hydrogens (tertiary/aromatic N) is 2. The third-order valence-corrected chi connectivity index (χ3v) is 3.39. The molecule has 0 fully saturated rings. The van der Waals surface area contributed by atoms with E-state index in [1.807, 2.05) is 18.2 Å². The molecule has 0 aliphatic carbocycles. The van der Waals surface area contributed by atoms with E-state index in [1.54, 1.807) is 31.4 Å². The van der Waals surface area contributed by atoms with Crippen molar-refractivity contribution in [2.24, 2.45) is 0 Å². The maximum atomic E-state index is 12.9. The van der Waals surface area contributed by atoms with Crippen LogP contribution in [-0.4, -0.2) is 17.3 Å². The molecule has 0 unspecified atom stereocenters. The van der Waals surface area contributed by atoms with E-state index in [0.29, 0.717) is 11.6 Å². The summed E-state index contributed by atoms with van der Waals surface area (Å²) < 4.78 is 23.2. The topological polar surface area (TPSA) is 48.2 Å². The van der Waals surface area contributed by atoms with Crippen LogP contribution in [0.25, 0.3) is 22.5 Å². The molecule has 116 valence electrons. The van der Waals surface area contributed by atoms with E-state index in [0.717, 1.165) is 11.1 Å². The molecule has 0 aliphatic heterocycles. The Morgan fingerprint density at radius 1 is 1.22 bits per heavy atom. The van der Waals surface area contributed by atoms with Gasteiger partial charge in [0.1, 0.15) is 16.6 Å². The number of hydrogen-bond acceptors (Lipinski definition) is 4. The molecule has 1 heterocycles. The summed E-state index contributed by atoms with van der Waals surface area (Å²) in [6.07, 6.45) is 1.63. The van der Waals surface area contributed by atoms with E-state index in [1.165, 1.54) is 12.1 Å². The maximum absolute atomic E-state index is 12.9. The molecule has 3 aromatic rings. The molecular formula is C17H12ClFN2O2. The Balaban J connectivity index is 1.87. The van der Waals surface area contributed by atoms with E-state index in [2.05, 4.69) is 10.1 Å². The predicted octanol–water partition coefficient (Wildman–Crippen LogP) is 4.62. The Morgan fingerprint density at radius 3 is 2.74 bits per heavy atom. The Hall–Kier alpha value is -2.66. The fourth-order valence-corrected chi connectivity index (χ4v) is 2.17. The number of halogens is 2. The van der Waals surface area contributed by atoms with E-state index < -0.39 is 0 Å². The van der Waals surface area contributed by atoms with Crippen LogP contribution in [0.1, 0.15) is 11.5 Å². The molecule has 4 nitrogen and oxygen atoms in total. The molecule has 3 rings (SSSR count). The minimum Gasteiger partial charge on any atom is -0.497 e. The van der Waals surface area contributed by atoms with Crippen LogP contribution < -0.4 is 4.74 Å². The molecule has 2 aromatic carbocycles. The molecule has 0 bridgehead atoms. The molecule has 0 saturated carbocycles. The van der Waals surface area contributed by atoms with Gasteiger partial charge >= 0.3 is 0 Å². The zero-order valence-electron chi connectivity index (χ0n) is 12.2. The van der Waals surface area contributed by atoms with Crippen LogP contribution in [0.4, 0.5) is 4.39 Å². The van der Waals surface area contributed by atoms with Gasteiger partial charge in [0, 0.05) is 5.56 Å². The highest BCUT2D eigenvalue weighted by Crippen LogP contribution is 2.25. The molecule has 0 saturated heterocycles. The van der Waals surface area contributed by atoms with Gasteiger partial charge in [0.05, 0.1) is 7.11 Å². The Kier molecular flexibility index (Phi) is 4.39. The van der Waals surface area contributed by atoms with Crippen molar-refractivity contribution in [3.05, 3.63) is 65.8 Å². The van der Waals surface area contributed by atoms with Crippen molar-refractivity contribution >= 4 is 22.7 Å². The van der Waals surface area contributed by atoms with Crippen molar-refractivity contribution in [2.75, 3.05) is 7.11 Å². The molecular weight excluding hydrogens is 319 g/mol. The average molecular weight is 331 g/mol. The highest BCUT2D eigenvalue weighted by Gasteiger charge is 2.12. The number of ether oxygens (including phenoxy) is 1. The van der Waals surface area contributed by atoms with Gasteiger partial charge in [0.2, 0.25) is 5.82 Å². The highest BCUT2D eigenvalue weighted by atomic mass is 35.5. The number of hydrogen-bond donors (Lipinski definition) is 0. The van der Waals surface area contributed by atoms with Crippen molar-refractivity contribution in [1.29, 1.82) is 0 Å². The van der Waals surface area contributed by atoms with E-state index >= 15 is 0 Å². The zero-order valence-corrected chi connectivity index (χ0v) is 12.9. The first kappa shape index (κ1) is 15.2. The van der Waals surface area contributed by atoms with Crippen molar-refractivity contribution < 1.29 is 13.7 Å². The second-order valence-corrected chi connectivity index (χ2v) is 5.11. The first-order chi connectivity index (χ1) is 11.2. The second kappa shape index (κ2) is 6.62. The average Bonchev–Trinajstić information content (AvgIpc) is 3.07. The number of aromatic nitrogens is 2. The smallest absolute Gasteiger partial charge is 0.269 e. The molecule has 0 radical (unpaired) electrons. The van der Waals surface area contributed by atoms with Crippen LogP contribution in [-0.2, 0) is 0 Å². The number of rotatable bonds is 4.